The van der Waals surface area contributed by atoms with Gasteiger partial charge in [-0.1, -0.05) is 36.9 Å². The molecular formula is C13H17N3S. The van der Waals surface area contributed by atoms with E-state index in [1.807, 2.05) is 12.3 Å². The fraction of sp³-hybridized carbons (Fsp3) is 0.308. The quantitative estimate of drug-likeness (QED) is 0.854. The van der Waals surface area contributed by atoms with Gasteiger partial charge in [-0.2, -0.15) is 0 Å². The highest BCUT2D eigenvalue weighted by Crippen LogP contribution is 2.28. The summed E-state index contributed by atoms with van der Waals surface area (Å²) >= 11 is 1.65. The van der Waals surface area contributed by atoms with Gasteiger partial charge in [0.05, 0.1) is 0 Å². The van der Waals surface area contributed by atoms with Crippen LogP contribution in [0.5, 0.6) is 0 Å². The molecule has 0 saturated carbocycles. The molecule has 0 aliphatic heterocycles. The van der Waals surface area contributed by atoms with Crippen LogP contribution in [-0.4, -0.2) is 16.0 Å². The van der Waals surface area contributed by atoms with Gasteiger partial charge >= 0.3 is 0 Å². The molecule has 0 spiro atoms. The van der Waals surface area contributed by atoms with E-state index in [1.54, 1.807) is 18.0 Å². The molecule has 1 heterocycles. The average molecular weight is 247 g/mol. The zero-order valence-corrected chi connectivity index (χ0v) is 10.7. The number of aromatic nitrogens is 2. The smallest absolute Gasteiger partial charge is 0.170 e. The maximum Gasteiger partial charge on any atom is 0.170 e. The normalized spacial score (nSPS) is 12.6. The third kappa shape index (κ3) is 3.35. The van der Waals surface area contributed by atoms with Crippen LogP contribution in [0.4, 0.5) is 0 Å². The molecule has 0 aliphatic carbocycles. The number of H-pyrrole nitrogens is 1. The molecule has 1 aromatic carbocycles. The number of nitrogens with one attached hydrogen (secondary N) is 1. The van der Waals surface area contributed by atoms with Crippen LogP contribution in [0.3, 0.4) is 0 Å². The molecule has 4 heteroatoms. The Morgan fingerprint density at radius 3 is 2.94 bits per heavy atom. The van der Waals surface area contributed by atoms with Crippen molar-refractivity contribution in [2.45, 2.75) is 35.9 Å². The molecule has 0 fully saturated rings. The van der Waals surface area contributed by atoms with Crippen molar-refractivity contribution in [2.24, 2.45) is 5.73 Å². The van der Waals surface area contributed by atoms with Crippen LogP contribution in [0.2, 0.25) is 0 Å². The first-order chi connectivity index (χ1) is 8.29. The average Bonchev–Trinajstić information content (AvgIpc) is 2.84. The van der Waals surface area contributed by atoms with E-state index in [-0.39, 0.29) is 6.04 Å². The lowest BCUT2D eigenvalue weighted by molar-refractivity contribution is 0.641. The Morgan fingerprint density at radius 1 is 1.41 bits per heavy atom. The van der Waals surface area contributed by atoms with E-state index in [1.165, 1.54) is 10.5 Å². The van der Waals surface area contributed by atoms with E-state index < -0.39 is 0 Å². The van der Waals surface area contributed by atoms with Gasteiger partial charge in [0.1, 0.15) is 0 Å². The second-order valence-corrected chi connectivity index (χ2v) is 5.01. The van der Waals surface area contributed by atoms with Crippen LogP contribution in [0.15, 0.2) is 46.7 Å². The van der Waals surface area contributed by atoms with Crippen molar-refractivity contribution in [3.05, 3.63) is 42.2 Å². The van der Waals surface area contributed by atoms with Crippen LogP contribution in [-0.2, 0) is 6.42 Å². The summed E-state index contributed by atoms with van der Waals surface area (Å²) in [7, 11) is 0. The van der Waals surface area contributed by atoms with Crippen molar-refractivity contribution in [2.75, 3.05) is 0 Å². The van der Waals surface area contributed by atoms with E-state index in [9.17, 15) is 0 Å². The summed E-state index contributed by atoms with van der Waals surface area (Å²) in [5.41, 5.74) is 7.31. The first-order valence-electron chi connectivity index (χ1n) is 5.80. The zero-order valence-electron chi connectivity index (χ0n) is 9.89. The third-order valence-corrected chi connectivity index (χ3v) is 3.69. The lowest BCUT2D eigenvalue weighted by Crippen LogP contribution is -2.21. The van der Waals surface area contributed by atoms with Gasteiger partial charge in [0, 0.05) is 23.3 Å². The number of benzene rings is 1. The summed E-state index contributed by atoms with van der Waals surface area (Å²) in [6.07, 6.45) is 5.52. The molecule has 0 radical (unpaired) electrons. The first-order valence-corrected chi connectivity index (χ1v) is 6.62. The molecule has 1 aromatic heterocycles. The minimum absolute atomic E-state index is 0.230. The predicted molar refractivity (Wildman–Crippen MR) is 71.1 cm³/mol. The third-order valence-electron chi connectivity index (χ3n) is 2.66. The van der Waals surface area contributed by atoms with Crippen LogP contribution in [0.1, 0.15) is 18.9 Å². The topological polar surface area (TPSA) is 54.7 Å². The Bertz CT molecular complexity index is 453. The van der Waals surface area contributed by atoms with Crippen molar-refractivity contribution in [3.63, 3.8) is 0 Å². The second kappa shape index (κ2) is 5.89. The molecule has 3 N–H and O–H groups in total. The fourth-order valence-electron chi connectivity index (χ4n) is 1.61. The maximum absolute atomic E-state index is 6.01. The molecule has 2 aromatic rings. The predicted octanol–water partition coefficient (Wildman–Crippen LogP) is 2.84. The molecular weight excluding hydrogens is 230 g/mol. The van der Waals surface area contributed by atoms with Gasteiger partial charge in [0.25, 0.3) is 0 Å². The molecule has 1 atom stereocenters. The van der Waals surface area contributed by atoms with Crippen LogP contribution in [0.25, 0.3) is 0 Å². The summed E-state index contributed by atoms with van der Waals surface area (Å²) in [6.45, 7) is 2.12. The number of rotatable bonds is 5. The lowest BCUT2D eigenvalue weighted by Gasteiger charge is -2.12. The fourth-order valence-corrected chi connectivity index (χ4v) is 2.49. The Labute approximate surface area is 106 Å². The van der Waals surface area contributed by atoms with Gasteiger partial charge in [0.2, 0.25) is 0 Å². The van der Waals surface area contributed by atoms with Gasteiger partial charge in [-0.25, -0.2) is 4.98 Å². The van der Waals surface area contributed by atoms with E-state index in [2.05, 4.69) is 35.1 Å². The summed E-state index contributed by atoms with van der Waals surface area (Å²) in [6, 6.07) is 8.59. The summed E-state index contributed by atoms with van der Waals surface area (Å²) in [5.74, 6) is 0. The molecule has 0 bridgehead atoms. The number of imidazole rings is 1. The number of aromatic amines is 1. The van der Waals surface area contributed by atoms with Crippen molar-refractivity contribution in [3.8, 4) is 0 Å². The van der Waals surface area contributed by atoms with Crippen molar-refractivity contribution in [1.29, 1.82) is 0 Å². The number of nitrogens with zero attached hydrogens (tertiary/aromatic N) is 1. The van der Waals surface area contributed by atoms with Gasteiger partial charge < -0.3 is 10.7 Å². The van der Waals surface area contributed by atoms with Gasteiger partial charge in [-0.15, -0.1) is 0 Å². The molecule has 0 aliphatic rings. The molecule has 0 amide bonds. The Balaban J connectivity index is 2.15. The van der Waals surface area contributed by atoms with Gasteiger partial charge in [0.15, 0.2) is 5.16 Å². The van der Waals surface area contributed by atoms with Crippen molar-refractivity contribution < 1.29 is 0 Å². The van der Waals surface area contributed by atoms with Crippen molar-refractivity contribution in [1.82, 2.24) is 9.97 Å². The SMILES string of the molecule is CCC(N)Cc1ccccc1Sc1ncc[nH]1. The lowest BCUT2D eigenvalue weighted by atomic mass is 10.1. The Kier molecular flexibility index (Phi) is 4.23. The highest BCUT2D eigenvalue weighted by Gasteiger charge is 2.08. The van der Waals surface area contributed by atoms with Crippen LogP contribution >= 0.6 is 11.8 Å². The summed E-state index contributed by atoms with van der Waals surface area (Å²) in [4.78, 5) is 8.56. The second-order valence-electron chi connectivity index (χ2n) is 3.98. The van der Waals surface area contributed by atoms with Crippen LogP contribution in [0, 0.1) is 0 Å². The van der Waals surface area contributed by atoms with E-state index in [4.69, 9.17) is 5.73 Å². The highest BCUT2D eigenvalue weighted by molar-refractivity contribution is 7.99. The highest BCUT2D eigenvalue weighted by atomic mass is 32.2. The van der Waals surface area contributed by atoms with Gasteiger partial charge in [-0.05, 0) is 24.5 Å². The first kappa shape index (κ1) is 12.2. The maximum atomic E-state index is 6.01. The zero-order chi connectivity index (χ0) is 12.1. The van der Waals surface area contributed by atoms with E-state index in [0.29, 0.717) is 0 Å². The Hall–Kier alpha value is -1.26. The Morgan fingerprint density at radius 2 is 2.24 bits per heavy atom. The molecule has 2 rings (SSSR count). The monoisotopic (exact) mass is 247 g/mol. The molecule has 90 valence electrons. The summed E-state index contributed by atoms with van der Waals surface area (Å²) in [5, 5.41) is 0.919. The van der Waals surface area contributed by atoms with Gasteiger partial charge in [-0.3, -0.25) is 0 Å². The minimum Gasteiger partial charge on any atom is -0.339 e. The van der Waals surface area contributed by atoms with E-state index >= 15 is 0 Å². The number of hydrogen-bond acceptors (Lipinski definition) is 3. The van der Waals surface area contributed by atoms with E-state index in [0.717, 1.165) is 18.0 Å². The standard InChI is InChI=1S/C13H17N3S/c1-2-11(14)9-10-5-3-4-6-12(10)17-13-15-7-8-16-13/h3-8,11H,2,9,14H2,1H3,(H,15,16). The molecule has 0 saturated heterocycles. The largest absolute Gasteiger partial charge is 0.339 e. The summed E-state index contributed by atoms with van der Waals surface area (Å²) < 4.78 is 0. The molecule has 1 unspecified atom stereocenters. The van der Waals surface area contributed by atoms with Crippen molar-refractivity contribution >= 4 is 11.8 Å². The number of hydrogen-bond donors (Lipinski definition) is 2. The van der Waals surface area contributed by atoms with Crippen LogP contribution < -0.4 is 5.73 Å². The minimum atomic E-state index is 0.230. The molecule has 3 nitrogen and oxygen atoms in total. The number of nitrogens with two attached hydrogens (primary N) is 1. The molecule has 17 heavy (non-hydrogen) atoms.